The molecule has 2 saturated heterocycles. The molecule has 3 heterocycles. The third-order valence-electron chi connectivity index (χ3n) is 10.9. The van der Waals surface area contributed by atoms with Crippen LogP contribution >= 0.6 is 34.5 Å². The van der Waals surface area contributed by atoms with E-state index < -0.39 is 5.97 Å². The maximum Gasteiger partial charge on any atom is 0.306 e. The summed E-state index contributed by atoms with van der Waals surface area (Å²) in [5, 5.41) is 15.7. The Balaban J connectivity index is 1.02. The van der Waals surface area contributed by atoms with Crippen molar-refractivity contribution >= 4 is 68.1 Å². The van der Waals surface area contributed by atoms with Gasteiger partial charge in [-0.15, -0.1) is 11.3 Å². The van der Waals surface area contributed by atoms with E-state index in [1.54, 1.807) is 12.1 Å². The number of amides is 2. The van der Waals surface area contributed by atoms with Gasteiger partial charge in [-0.25, -0.2) is 0 Å². The zero-order valence-electron chi connectivity index (χ0n) is 27.6. The van der Waals surface area contributed by atoms with E-state index in [0.717, 1.165) is 68.0 Å². The third kappa shape index (κ3) is 8.10. The predicted octanol–water partition coefficient (Wildman–Crippen LogP) is 6.80. The molecule has 12 heteroatoms. The van der Waals surface area contributed by atoms with Crippen LogP contribution in [0.2, 0.25) is 10.0 Å². The van der Waals surface area contributed by atoms with Gasteiger partial charge < -0.3 is 20.1 Å². The molecule has 4 fully saturated rings. The van der Waals surface area contributed by atoms with E-state index in [9.17, 15) is 19.5 Å². The molecule has 262 valence electrons. The largest absolute Gasteiger partial charge is 0.481 e. The Labute approximate surface area is 301 Å². The number of hydrogen-bond donors (Lipinski definition) is 2. The lowest BCUT2D eigenvalue weighted by Crippen LogP contribution is -2.42. The van der Waals surface area contributed by atoms with E-state index in [1.807, 2.05) is 34.5 Å². The lowest BCUT2D eigenvalue weighted by Gasteiger charge is -2.30. The Morgan fingerprint density at radius 2 is 1.65 bits per heavy atom. The van der Waals surface area contributed by atoms with Gasteiger partial charge in [0.05, 0.1) is 47.4 Å². The molecule has 2 saturated carbocycles. The van der Waals surface area contributed by atoms with Gasteiger partial charge in [0.1, 0.15) is 0 Å². The number of aliphatic carboxylic acids is 1. The lowest BCUT2D eigenvalue weighted by atomic mass is 9.87. The summed E-state index contributed by atoms with van der Waals surface area (Å²) in [7, 11) is 0. The van der Waals surface area contributed by atoms with E-state index in [4.69, 9.17) is 27.9 Å². The summed E-state index contributed by atoms with van der Waals surface area (Å²) in [4.78, 5) is 45.8. The highest BCUT2D eigenvalue weighted by Gasteiger charge is 2.40. The van der Waals surface area contributed by atoms with Gasteiger partial charge in [-0.1, -0.05) is 41.4 Å². The minimum atomic E-state index is -0.725. The topological polar surface area (TPSA) is 102 Å². The highest BCUT2D eigenvalue weighted by atomic mass is 35.5. The molecule has 49 heavy (non-hydrogen) atoms. The van der Waals surface area contributed by atoms with Crippen LogP contribution in [-0.2, 0) is 20.7 Å². The summed E-state index contributed by atoms with van der Waals surface area (Å²) >= 11 is 14.9. The van der Waals surface area contributed by atoms with E-state index in [-0.39, 0.29) is 42.3 Å². The Hall–Kier alpha value is -2.73. The van der Waals surface area contributed by atoms with Gasteiger partial charge in [0.15, 0.2) is 0 Å². The standard InChI is InChI=1S/C37H44Cl2N4O5S/c38-31-19-33(40-36(45)30-22-49-34-5-2-1-4-29(30)34)32(39)16-24(31)17-35(44)43-20-26(42-13-3-12-41(14-15-42)25-8-9-25)18-27(43)21-48-28-10-6-23(7-11-28)37(46)47/h1-2,4-5,16,19,22-23,25-28H,3,6-15,17-18,20-21H2,(H,40,45)(H,46,47)/t23?,26-,27-,28?/m0/s1. The maximum absolute atomic E-state index is 14.1. The second-order valence-electron chi connectivity index (χ2n) is 14.1. The summed E-state index contributed by atoms with van der Waals surface area (Å²) in [6.07, 6.45) is 7.40. The molecule has 2 aliphatic heterocycles. The number of carbonyl (C=O) groups is 3. The minimum Gasteiger partial charge on any atom is -0.481 e. The van der Waals surface area contributed by atoms with Crippen LogP contribution in [0.25, 0.3) is 10.1 Å². The van der Waals surface area contributed by atoms with Crippen LogP contribution in [0.5, 0.6) is 0 Å². The number of anilines is 1. The Morgan fingerprint density at radius 3 is 2.39 bits per heavy atom. The summed E-state index contributed by atoms with van der Waals surface area (Å²) in [5.41, 5.74) is 1.58. The maximum atomic E-state index is 14.1. The molecule has 2 aromatic carbocycles. The highest BCUT2D eigenvalue weighted by Crippen LogP contribution is 2.34. The molecule has 4 aliphatic rings. The van der Waals surface area contributed by atoms with Crippen molar-refractivity contribution in [2.45, 2.75) is 82.0 Å². The van der Waals surface area contributed by atoms with Crippen molar-refractivity contribution in [1.82, 2.24) is 14.7 Å². The van der Waals surface area contributed by atoms with E-state index in [1.165, 1.54) is 24.2 Å². The summed E-state index contributed by atoms with van der Waals surface area (Å²) < 4.78 is 7.42. The average molecular weight is 728 g/mol. The van der Waals surface area contributed by atoms with Gasteiger partial charge in [-0.05, 0) is 88.2 Å². The first kappa shape index (κ1) is 34.7. The van der Waals surface area contributed by atoms with Gasteiger partial charge >= 0.3 is 5.97 Å². The van der Waals surface area contributed by atoms with Crippen LogP contribution in [0, 0.1) is 5.92 Å². The number of hydrogen-bond acceptors (Lipinski definition) is 7. The Morgan fingerprint density at radius 1 is 0.918 bits per heavy atom. The normalized spacial score (nSPS) is 25.4. The smallest absolute Gasteiger partial charge is 0.306 e. The molecule has 2 N–H and O–H groups in total. The lowest BCUT2D eigenvalue weighted by molar-refractivity contribution is -0.144. The summed E-state index contributed by atoms with van der Waals surface area (Å²) in [6, 6.07) is 12.0. The van der Waals surface area contributed by atoms with Crippen LogP contribution in [0.15, 0.2) is 41.8 Å². The monoisotopic (exact) mass is 726 g/mol. The number of likely N-dealkylation sites (tertiary alicyclic amines) is 1. The SMILES string of the molecule is O=C(Nc1cc(Cl)c(CC(=O)N2C[C@@H](N3CCCN(C4CC4)CC3)C[C@H]2COC2CCC(C(=O)O)CC2)cc1Cl)c1csc2ccccc12. The number of nitrogens with one attached hydrogen (secondary N) is 1. The second-order valence-corrected chi connectivity index (χ2v) is 15.8. The predicted molar refractivity (Wildman–Crippen MR) is 194 cm³/mol. The number of carboxylic acids is 1. The molecule has 7 rings (SSSR count). The Bertz CT molecular complexity index is 1690. The van der Waals surface area contributed by atoms with Gasteiger partial charge in [-0.3, -0.25) is 24.2 Å². The number of carboxylic acid groups (broad SMARTS) is 1. The van der Waals surface area contributed by atoms with Crippen molar-refractivity contribution < 1.29 is 24.2 Å². The number of carbonyl (C=O) groups excluding carboxylic acids is 2. The first-order valence-electron chi connectivity index (χ1n) is 17.6. The quantitative estimate of drug-likeness (QED) is 0.237. The second kappa shape index (κ2) is 15.3. The number of benzene rings is 2. The summed E-state index contributed by atoms with van der Waals surface area (Å²) in [5.74, 6) is -1.31. The fourth-order valence-corrected chi connectivity index (χ4v) is 9.30. The molecular formula is C37H44Cl2N4O5S. The van der Waals surface area contributed by atoms with E-state index in [0.29, 0.717) is 52.9 Å². The molecule has 2 atom stereocenters. The molecule has 0 bridgehead atoms. The number of rotatable bonds is 10. The van der Waals surface area contributed by atoms with Crippen molar-refractivity contribution in [3.63, 3.8) is 0 Å². The Kier molecular flexibility index (Phi) is 10.8. The average Bonchev–Trinajstić information content (AvgIpc) is 3.78. The molecule has 2 amide bonds. The van der Waals surface area contributed by atoms with Gasteiger partial charge in [0, 0.05) is 52.2 Å². The zero-order valence-corrected chi connectivity index (χ0v) is 29.9. The molecule has 0 spiro atoms. The molecular weight excluding hydrogens is 683 g/mol. The number of ether oxygens (including phenoxy) is 1. The fourth-order valence-electron chi connectivity index (χ4n) is 7.90. The molecule has 0 unspecified atom stereocenters. The van der Waals surface area contributed by atoms with Crippen LogP contribution in [0.4, 0.5) is 5.69 Å². The zero-order chi connectivity index (χ0) is 34.1. The van der Waals surface area contributed by atoms with Crippen LogP contribution in [0.3, 0.4) is 0 Å². The summed E-state index contributed by atoms with van der Waals surface area (Å²) in [6.45, 7) is 5.31. The van der Waals surface area contributed by atoms with Crippen molar-refractivity contribution in [2.24, 2.45) is 5.92 Å². The van der Waals surface area contributed by atoms with E-state index in [2.05, 4.69) is 15.1 Å². The van der Waals surface area contributed by atoms with Crippen molar-refractivity contribution in [2.75, 3.05) is 44.6 Å². The minimum absolute atomic E-state index is 0.0139. The molecule has 2 aliphatic carbocycles. The van der Waals surface area contributed by atoms with Gasteiger partial charge in [0.2, 0.25) is 5.91 Å². The van der Waals surface area contributed by atoms with Crippen LogP contribution in [-0.4, -0.2) is 101 Å². The fraction of sp³-hybridized carbons (Fsp3) is 0.541. The van der Waals surface area contributed by atoms with Crippen molar-refractivity contribution in [1.29, 1.82) is 0 Å². The number of thiophene rings is 1. The first-order valence-corrected chi connectivity index (χ1v) is 19.2. The third-order valence-corrected chi connectivity index (χ3v) is 12.5. The van der Waals surface area contributed by atoms with Crippen LogP contribution < -0.4 is 5.32 Å². The van der Waals surface area contributed by atoms with Crippen molar-refractivity contribution in [3.8, 4) is 0 Å². The number of halogens is 2. The van der Waals surface area contributed by atoms with Gasteiger partial charge in [0.25, 0.3) is 5.91 Å². The molecule has 9 nitrogen and oxygen atoms in total. The van der Waals surface area contributed by atoms with Crippen LogP contribution in [0.1, 0.15) is 67.3 Å². The number of nitrogens with zero attached hydrogens (tertiary/aromatic N) is 3. The van der Waals surface area contributed by atoms with E-state index >= 15 is 0 Å². The molecule has 1 aromatic heterocycles. The number of fused-ring (bicyclic) bond motifs is 1. The molecule has 0 radical (unpaired) electrons. The highest BCUT2D eigenvalue weighted by molar-refractivity contribution is 7.17. The van der Waals surface area contributed by atoms with Gasteiger partial charge in [-0.2, -0.15) is 0 Å². The molecule has 3 aromatic rings. The first-order chi connectivity index (χ1) is 23.7. The van der Waals surface area contributed by atoms with Crippen molar-refractivity contribution in [3.05, 3.63) is 63.0 Å².